The lowest BCUT2D eigenvalue weighted by molar-refractivity contribution is -0.144. The summed E-state index contributed by atoms with van der Waals surface area (Å²) in [5.74, 6) is 5.20. The van der Waals surface area contributed by atoms with Crippen molar-refractivity contribution in [3.05, 3.63) is 39.9 Å². The molecular formula is C20H21Cl2NO4. The van der Waals surface area contributed by atoms with Crippen LogP contribution in [0.4, 0.5) is 0 Å². The van der Waals surface area contributed by atoms with Crippen molar-refractivity contribution in [3.8, 4) is 17.6 Å². The number of likely N-dealkylation sites (tertiary alicyclic amines) is 1. The zero-order valence-corrected chi connectivity index (χ0v) is 16.6. The van der Waals surface area contributed by atoms with Crippen LogP contribution < -0.4 is 4.74 Å². The van der Waals surface area contributed by atoms with Gasteiger partial charge in [-0.3, -0.25) is 4.79 Å². The van der Waals surface area contributed by atoms with Crippen LogP contribution in [-0.2, 0) is 14.3 Å². The summed E-state index contributed by atoms with van der Waals surface area (Å²) in [5, 5.41) is 0.793. The van der Waals surface area contributed by atoms with E-state index in [1.165, 1.54) is 12.5 Å². The number of hydrogen-bond donors (Lipinski definition) is 0. The van der Waals surface area contributed by atoms with Crippen LogP contribution in [0.2, 0.25) is 10.0 Å². The van der Waals surface area contributed by atoms with Crippen LogP contribution in [0.5, 0.6) is 5.75 Å². The van der Waals surface area contributed by atoms with Crippen molar-refractivity contribution in [2.45, 2.75) is 26.2 Å². The molecule has 0 atom stereocenters. The maximum Gasteiger partial charge on any atom is 0.345 e. The molecule has 0 spiro atoms. The normalized spacial score (nSPS) is 14.2. The minimum absolute atomic E-state index is 0.00855. The number of carbonyl (C=O) groups excluding carboxylic acids is 2. The molecule has 1 heterocycles. The number of halogens is 2. The highest BCUT2D eigenvalue weighted by Gasteiger charge is 2.17. The number of allylic oxidation sites excluding steroid dienone is 1. The lowest BCUT2D eigenvalue weighted by atomic mass is 10.1. The summed E-state index contributed by atoms with van der Waals surface area (Å²) in [6, 6.07) is 4.71. The van der Waals surface area contributed by atoms with Gasteiger partial charge in [-0.05, 0) is 50.5 Å². The van der Waals surface area contributed by atoms with E-state index in [9.17, 15) is 9.59 Å². The first kappa shape index (κ1) is 21.1. The van der Waals surface area contributed by atoms with Crippen molar-refractivity contribution in [1.29, 1.82) is 0 Å². The third-order valence-electron chi connectivity index (χ3n) is 3.92. The molecule has 0 aliphatic carbocycles. The molecule has 1 fully saturated rings. The van der Waals surface area contributed by atoms with Gasteiger partial charge >= 0.3 is 5.97 Å². The quantitative estimate of drug-likeness (QED) is 0.420. The Bertz CT molecular complexity index is 774. The number of piperidine rings is 1. The average molecular weight is 410 g/mol. The van der Waals surface area contributed by atoms with Gasteiger partial charge in [0.25, 0.3) is 0 Å². The van der Waals surface area contributed by atoms with Crippen LogP contribution in [0.3, 0.4) is 0 Å². The number of carbonyl (C=O) groups is 2. The molecule has 0 aromatic heterocycles. The molecule has 5 nitrogen and oxygen atoms in total. The van der Waals surface area contributed by atoms with Gasteiger partial charge in [0.1, 0.15) is 5.75 Å². The molecule has 27 heavy (non-hydrogen) atoms. The van der Waals surface area contributed by atoms with Crippen LogP contribution in [0.25, 0.3) is 0 Å². The third kappa shape index (κ3) is 7.16. The fourth-order valence-electron chi connectivity index (χ4n) is 2.50. The summed E-state index contributed by atoms with van der Waals surface area (Å²) in [5.41, 5.74) is 0.580. The van der Waals surface area contributed by atoms with Gasteiger partial charge in [-0.1, -0.05) is 35.0 Å². The van der Waals surface area contributed by atoms with Crippen LogP contribution in [0.15, 0.2) is 29.8 Å². The van der Waals surface area contributed by atoms with Gasteiger partial charge in [0.15, 0.2) is 13.2 Å². The Balaban J connectivity index is 1.72. The Labute approximate surface area is 169 Å². The van der Waals surface area contributed by atoms with Gasteiger partial charge in [0.2, 0.25) is 5.91 Å². The van der Waals surface area contributed by atoms with E-state index in [2.05, 4.69) is 11.8 Å². The highest BCUT2D eigenvalue weighted by Crippen LogP contribution is 2.27. The van der Waals surface area contributed by atoms with Crippen molar-refractivity contribution in [2.24, 2.45) is 0 Å². The van der Waals surface area contributed by atoms with Gasteiger partial charge in [0, 0.05) is 23.7 Å². The zero-order chi connectivity index (χ0) is 19.6. The topological polar surface area (TPSA) is 55.8 Å². The monoisotopic (exact) mass is 409 g/mol. The van der Waals surface area contributed by atoms with Crippen LogP contribution in [0, 0.1) is 11.8 Å². The Morgan fingerprint density at radius 2 is 1.96 bits per heavy atom. The summed E-state index contributed by atoms with van der Waals surface area (Å²) < 4.78 is 10.2. The van der Waals surface area contributed by atoms with Crippen LogP contribution in [0.1, 0.15) is 26.2 Å². The molecule has 0 radical (unpaired) electrons. The SMILES string of the molecule is CC(=CC#CCOC(=O)COc1ccc(Cl)cc1Cl)C(=O)N1CCCCC1. The maximum absolute atomic E-state index is 12.2. The molecule has 1 aromatic carbocycles. The van der Waals surface area contributed by atoms with Crippen molar-refractivity contribution in [1.82, 2.24) is 4.90 Å². The fraction of sp³-hybridized carbons (Fsp3) is 0.400. The zero-order valence-electron chi connectivity index (χ0n) is 15.1. The summed E-state index contributed by atoms with van der Waals surface area (Å²) in [6.45, 7) is 2.96. The van der Waals surface area contributed by atoms with Crippen molar-refractivity contribution < 1.29 is 19.1 Å². The summed E-state index contributed by atoms with van der Waals surface area (Å²) in [4.78, 5) is 25.7. The molecular weight excluding hydrogens is 389 g/mol. The van der Waals surface area contributed by atoms with E-state index in [4.69, 9.17) is 32.7 Å². The molecule has 0 saturated carbocycles. The predicted octanol–water partition coefficient (Wildman–Crippen LogP) is 3.88. The number of hydrogen-bond acceptors (Lipinski definition) is 4. The van der Waals surface area contributed by atoms with Crippen molar-refractivity contribution in [2.75, 3.05) is 26.3 Å². The lowest BCUT2D eigenvalue weighted by Crippen LogP contribution is -2.36. The molecule has 7 heteroatoms. The van der Waals surface area contributed by atoms with Gasteiger partial charge < -0.3 is 14.4 Å². The largest absolute Gasteiger partial charge is 0.480 e. The molecule has 0 unspecified atom stereocenters. The van der Waals surface area contributed by atoms with E-state index in [0.717, 1.165) is 25.9 Å². The Morgan fingerprint density at radius 3 is 2.67 bits per heavy atom. The van der Waals surface area contributed by atoms with E-state index < -0.39 is 5.97 Å². The van der Waals surface area contributed by atoms with Gasteiger partial charge in [-0.25, -0.2) is 4.79 Å². The molecule has 144 valence electrons. The van der Waals surface area contributed by atoms with Crippen LogP contribution in [-0.4, -0.2) is 43.1 Å². The molecule has 1 aromatic rings. The summed E-state index contributed by atoms with van der Waals surface area (Å²) in [7, 11) is 0. The van der Waals surface area contributed by atoms with Gasteiger partial charge in [-0.15, -0.1) is 0 Å². The lowest BCUT2D eigenvalue weighted by Gasteiger charge is -2.26. The molecule has 2 rings (SSSR count). The first-order chi connectivity index (χ1) is 13.0. The standard InChI is InChI=1S/C20H21Cl2NO4/c1-15(20(25)23-10-4-2-5-11-23)7-3-6-12-26-19(24)14-27-18-9-8-16(21)13-17(18)22/h7-9,13H,2,4-5,10-12,14H2,1H3. The first-order valence-corrected chi connectivity index (χ1v) is 9.41. The minimum Gasteiger partial charge on any atom is -0.480 e. The number of benzene rings is 1. The number of amides is 1. The Morgan fingerprint density at radius 1 is 1.22 bits per heavy atom. The second-order valence-corrected chi connectivity index (χ2v) is 6.87. The first-order valence-electron chi connectivity index (χ1n) is 8.65. The molecule has 1 aliphatic heterocycles. The second-order valence-electron chi connectivity index (χ2n) is 6.03. The average Bonchev–Trinajstić information content (AvgIpc) is 2.67. The van der Waals surface area contributed by atoms with Gasteiger partial charge in [0.05, 0.1) is 5.02 Å². The second kappa shape index (κ2) is 10.9. The van der Waals surface area contributed by atoms with E-state index >= 15 is 0 Å². The van der Waals surface area contributed by atoms with E-state index in [0.29, 0.717) is 21.4 Å². The smallest absolute Gasteiger partial charge is 0.345 e. The highest BCUT2D eigenvalue weighted by atomic mass is 35.5. The molecule has 0 bridgehead atoms. The predicted molar refractivity (Wildman–Crippen MR) is 105 cm³/mol. The number of nitrogens with zero attached hydrogens (tertiary/aromatic N) is 1. The summed E-state index contributed by atoms with van der Waals surface area (Å²) in [6.07, 6.45) is 4.81. The number of rotatable bonds is 5. The molecule has 1 aliphatic rings. The maximum atomic E-state index is 12.2. The summed E-state index contributed by atoms with van der Waals surface area (Å²) >= 11 is 11.7. The number of ether oxygens (including phenoxy) is 2. The van der Waals surface area contributed by atoms with Gasteiger partial charge in [-0.2, -0.15) is 0 Å². The van der Waals surface area contributed by atoms with E-state index in [-0.39, 0.29) is 19.1 Å². The van der Waals surface area contributed by atoms with E-state index in [1.54, 1.807) is 25.1 Å². The highest BCUT2D eigenvalue weighted by molar-refractivity contribution is 6.35. The Kier molecular flexibility index (Phi) is 8.50. The third-order valence-corrected chi connectivity index (χ3v) is 4.45. The number of esters is 1. The molecule has 0 N–H and O–H groups in total. The van der Waals surface area contributed by atoms with Crippen molar-refractivity contribution >= 4 is 35.1 Å². The van der Waals surface area contributed by atoms with Crippen molar-refractivity contribution in [3.63, 3.8) is 0 Å². The molecule has 1 saturated heterocycles. The molecule has 1 amide bonds. The Hall–Kier alpha value is -2.16. The van der Waals surface area contributed by atoms with E-state index in [1.807, 2.05) is 4.90 Å². The fourth-order valence-corrected chi connectivity index (χ4v) is 2.96. The minimum atomic E-state index is -0.569. The van der Waals surface area contributed by atoms with Crippen LogP contribution >= 0.6 is 23.2 Å².